The SMILES string of the molecule is [Mn][NH]c1ccccc1. The Kier molecular flexibility index (Phi) is 1.95. The number of rotatable bonds is 1. The van der Waals surface area contributed by atoms with Crippen LogP contribution in [0.1, 0.15) is 0 Å². The third-order valence-corrected chi connectivity index (χ3v) is 1.22. The summed E-state index contributed by atoms with van der Waals surface area (Å²) in [6.07, 6.45) is 0. The standard InChI is InChI=1S/C6H6N.Mn/c7-6-4-2-1-3-5-6;/h1-5,7H;/q-1;+1. The molecule has 0 unspecified atom stereocenters. The van der Waals surface area contributed by atoms with Gasteiger partial charge >= 0.3 is 56.6 Å². The second-order valence-corrected chi connectivity index (χ2v) is 1.76. The minimum absolute atomic E-state index is 1.08. The Hall–Kier alpha value is -0.461. The maximum absolute atomic E-state index is 3.11. The van der Waals surface area contributed by atoms with Crippen molar-refractivity contribution in [3.05, 3.63) is 30.3 Å². The molecule has 0 aromatic heterocycles. The van der Waals surface area contributed by atoms with Gasteiger partial charge in [-0.15, -0.1) is 0 Å². The van der Waals surface area contributed by atoms with E-state index in [0.717, 1.165) is 5.69 Å². The first-order valence-corrected chi connectivity index (χ1v) is 2.94. The average Bonchev–Trinajstić information content (AvgIpc) is 1.90. The van der Waals surface area contributed by atoms with Crippen LogP contribution < -0.4 is 4.33 Å². The number of nitrogens with one attached hydrogen (secondary N) is 1. The van der Waals surface area contributed by atoms with Crippen molar-refractivity contribution in [3.8, 4) is 0 Å². The second kappa shape index (κ2) is 2.75. The van der Waals surface area contributed by atoms with Gasteiger partial charge in [-0.1, -0.05) is 0 Å². The zero-order valence-corrected chi connectivity index (χ0v) is 5.45. The van der Waals surface area contributed by atoms with Gasteiger partial charge in [0.05, 0.1) is 0 Å². The fourth-order valence-corrected chi connectivity index (χ4v) is 0.698. The normalized spacial score (nSPS) is 8.62. The molecule has 0 fully saturated rings. The Labute approximate surface area is 57.1 Å². The van der Waals surface area contributed by atoms with Gasteiger partial charge in [0.2, 0.25) is 0 Å². The van der Waals surface area contributed by atoms with Crippen molar-refractivity contribution < 1.29 is 16.2 Å². The second-order valence-electron chi connectivity index (χ2n) is 1.46. The molecule has 0 heterocycles. The average molecular weight is 147 g/mol. The predicted molar refractivity (Wildman–Crippen MR) is 30.1 cm³/mol. The van der Waals surface area contributed by atoms with E-state index >= 15 is 0 Å². The topological polar surface area (TPSA) is 12.0 Å². The Morgan fingerprint density at radius 3 is 2.12 bits per heavy atom. The zero-order chi connectivity index (χ0) is 5.82. The number of hydrogen-bond donors (Lipinski definition) is 1. The Morgan fingerprint density at radius 1 is 1.12 bits per heavy atom. The quantitative estimate of drug-likeness (QED) is 0.594. The third kappa shape index (κ3) is 1.25. The first-order valence-electron chi connectivity index (χ1n) is 2.35. The molecule has 1 rings (SSSR count). The molecule has 1 nitrogen and oxygen atoms in total. The molecular formula is C6H6MnN. The first kappa shape index (κ1) is 5.67. The van der Waals surface area contributed by atoms with E-state index in [-0.39, 0.29) is 0 Å². The van der Waals surface area contributed by atoms with E-state index in [2.05, 4.69) is 20.6 Å². The fourth-order valence-electron chi connectivity index (χ4n) is 0.501. The van der Waals surface area contributed by atoms with Crippen molar-refractivity contribution in [1.82, 2.24) is 0 Å². The summed E-state index contributed by atoms with van der Waals surface area (Å²) in [6, 6.07) is 9.89. The third-order valence-electron chi connectivity index (χ3n) is 0.883. The number of benzene rings is 1. The minimum atomic E-state index is 1.08. The molecule has 2 heteroatoms. The molecule has 0 amide bonds. The maximum atomic E-state index is 3.11. The summed E-state index contributed by atoms with van der Waals surface area (Å²) in [5.41, 5.74) is 1.08. The van der Waals surface area contributed by atoms with Gasteiger partial charge in [-0.05, 0) is 0 Å². The predicted octanol–water partition coefficient (Wildman–Crippen LogP) is 1.56. The Morgan fingerprint density at radius 2 is 1.75 bits per heavy atom. The van der Waals surface area contributed by atoms with E-state index in [1.54, 1.807) is 0 Å². The van der Waals surface area contributed by atoms with E-state index in [9.17, 15) is 0 Å². The number of hydrogen-bond acceptors (Lipinski definition) is 1. The summed E-state index contributed by atoms with van der Waals surface area (Å²) in [4.78, 5) is 0. The summed E-state index contributed by atoms with van der Waals surface area (Å²) in [6.45, 7) is 0. The molecule has 1 aromatic carbocycles. The number of anilines is 1. The van der Waals surface area contributed by atoms with Crippen molar-refractivity contribution in [2.24, 2.45) is 0 Å². The monoisotopic (exact) mass is 147 g/mol. The van der Waals surface area contributed by atoms with Crippen molar-refractivity contribution in [2.45, 2.75) is 0 Å². The fraction of sp³-hybridized carbons (Fsp3) is 0. The molecule has 8 heavy (non-hydrogen) atoms. The molecule has 0 spiro atoms. The van der Waals surface area contributed by atoms with E-state index < -0.39 is 0 Å². The van der Waals surface area contributed by atoms with Gasteiger partial charge in [0.1, 0.15) is 0 Å². The molecule has 0 radical (unpaired) electrons. The molecular weight excluding hydrogens is 141 g/mol. The van der Waals surface area contributed by atoms with E-state index in [4.69, 9.17) is 0 Å². The Balaban J connectivity index is 2.83. The molecule has 0 saturated carbocycles. The van der Waals surface area contributed by atoms with Gasteiger partial charge in [0.15, 0.2) is 0 Å². The van der Waals surface area contributed by atoms with Crippen LogP contribution in [0.2, 0.25) is 0 Å². The molecule has 0 aliphatic rings. The zero-order valence-electron chi connectivity index (χ0n) is 4.26. The van der Waals surface area contributed by atoms with Gasteiger partial charge in [0, 0.05) is 0 Å². The van der Waals surface area contributed by atoms with Crippen LogP contribution in [0.5, 0.6) is 0 Å². The van der Waals surface area contributed by atoms with Crippen LogP contribution in [0.3, 0.4) is 0 Å². The van der Waals surface area contributed by atoms with Crippen LogP contribution in [0, 0.1) is 0 Å². The van der Waals surface area contributed by atoms with Gasteiger partial charge in [-0.25, -0.2) is 0 Å². The van der Waals surface area contributed by atoms with E-state index in [1.807, 2.05) is 30.3 Å². The van der Waals surface area contributed by atoms with Gasteiger partial charge < -0.3 is 0 Å². The van der Waals surface area contributed by atoms with Crippen LogP contribution in [0.4, 0.5) is 5.69 Å². The summed E-state index contributed by atoms with van der Waals surface area (Å²) < 4.78 is 2.84. The summed E-state index contributed by atoms with van der Waals surface area (Å²) in [5, 5.41) is 0. The van der Waals surface area contributed by atoms with Crippen molar-refractivity contribution in [3.63, 3.8) is 0 Å². The van der Waals surface area contributed by atoms with Crippen LogP contribution in [-0.2, 0) is 16.2 Å². The van der Waals surface area contributed by atoms with Crippen molar-refractivity contribution >= 4 is 5.69 Å². The summed E-state index contributed by atoms with van der Waals surface area (Å²) >= 11 is 3.11. The van der Waals surface area contributed by atoms with Crippen LogP contribution in [0.15, 0.2) is 30.3 Å². The molecule has 1 aromatic rings. The van der Waals surface area contributed by atoms with E-state index in [0.29, 0.717) is 0 Å². The van der Waals surface area contributed by atoms with Crippen LogP contribution in [-0.4, -0.2) is 0 Å². The molecule has 0 aliphatic heterocycles. The molecule has 0 bridgehead atoms. The Bertz CT molecular complexity index is 150. The van der Waals surface area contributed by atoms with E-state index in [1.165, 1.54) is 0 Å². The van der Waals surface area contributed by atoms with Crippen LogP contribution in [0.25, 0.3) is 0 Å². The molecule has 1 N–H and O–H groups in total. The summed E-state index contributed by atoms with van der Waals surface area (Å²) in [7, 11) is 0. The van der Waals surface area contributed by atoms with Crippen molar-refractivity contribution in [2.75, 3.05) is 4.33 Å². The molecule has 42 valence electrons. The number of para-hydroxylation sites is 1. The van der Waals surface area contributed by atoms with Crippen molar-refractivity contribution in [1.29, 1.82) is 0 Å². The molecule has 0 aliphatic carbocycles. The van der Waals surface area contributed by atoms with Gasteiger partial charge in [-0.2, -0.15) is 0 Å². The molecule has 0 saturated heterocycles. The molecule has 0 atom stereocenters. The first-order chi connectivity index (χ1) is 3.93. The van der Waals surface area contributed by atoms with Gasteiger partial charge in [0.25, 0.3) is 0 Å². The van der Waals surface area contributed by atoms with Crippen LogP contribution >= 0.6 is 0 Å². The summed E-state index contributed by atoms with van der Waals surface area (Å²) in [5.74, 6) is 0. The van der Waals surface area contributed by atoms with Gasteiger partial charge in [-0.3, -0.25) is 0 Å².